The van der Waals surface area contributed by atoms with E-state index in [1.54, 1.807) is 24.7 Å². The van der Waals surface area contributed by atoms with Crippen LogP contribution in [0.2, 0.25) is 0 Å². The molecule has 0 bridgehead atoms. The molecule has 2 aliphatic heterocycles. The quantitative estimate of drug-likeness (QED) is 0.267. The molecule has 2 saturated heterocycles. The smallest absolute Gasteiger partial charge is 0.194 e. The maximum Gasteiger partial charge on any atom is 0.194 e. The minimum Gasteiger partial charge on any atom is -0.392 e. The normalized spacial score (nSPS) is 16.9. The Labute approximate surface area is 224 Å². The van der Waals surface area contributed by atoms with E-state index in [1.165, 1.54) is 13.8 Å². The fourth-order valence-electron chi connectivity index (χ4n) is 4.93. The monoisotopic (exact) mass is 536 g/mol. The molecule has 1 aromatic carbocycles. The molecule has 0 aliphatic carbocycles. The van der Waals surface area contributed by atoms with Gasteiger partial charge in [-0.15, -0.1) is 0 Å². The van der Waals surface area contributed by atoms with Gasteiger partial charge in [0.25, 0.3) is 0 Å². The molecular weight excluding hydrogens is 509 g/mol. The fourth-order valence-corrected chi connectivity index (χ4v) is 4.93. The highest BCUT2D eigenvalue weighted by atomic mass is 19.2. The fraction of sp³-hybridized carbons (Fsp3) is 0.357. The van der Waals surface area contributed by atoms with Crippen molar-refractivity contribution in [1.82, 2.24) is 14.9 Å². The predicted molar refractivity (Wildman–Crippen MR) is 137 cm³/mol. The van der Waals surface area contributed by atoms with Gasteiger partial charge in [0.15, 0.2) is 17.5 Å². The molecule has 1 N–H and O–H groups in total. The topological polar surface area (TPSA) is 97.9 Å². The van der Waals surface area contributed by atoms with Crippen LogP contribution in [0.3, 0.4) is 0 Å². The first-order valence-electron chi connectivity index (χ1n) is 12.4. The molecule has 0 unspecified atom stereocenters. The summed E-state index contributed by atoms with van der Waals surface area (Å²) in [6, 6.07) is 9.14. The van der Waals surface area contributed by atoms with E-state index in [0.717, 1.165) is 49.6 Å². The number of likely N-dealkylation sites (tertiary alicyclic amines) is 1. The number of hydrogen-bond donors (Lipinski definition) is 1. The van der Waals surface area contributed by atoms with Crippen molar-refractivity contribution in [1.29, 1.82) is 5.26 Å². The molecule has 8 nitrogen and oxygen atoms in total. The van der Waals surface area contributed by atoms with Crippen LogP contribution in [0, 0.1) is 34.2 Å². The van der Waals surface area contributed by atoms with E-state index < -0.39 is 23.1 Å². The maximum atomic E-state index is 13.9. The Hall–Kier alpha value is -4.01. The average molecular weight is 537 g/mol. The number of benzene rings is 1. The first-order valence-corrected chi connectivity index (χ1v) is 12.4. The highest BCUT2D eigenvalue weighted by molar-refractivity contribution is 6.11. The van der Waals surface area contributed by atoms with Crippen molar-refractivity contribution in [3.8, 4) is 6.07 Å². The predicted octanol–water partition coefficient (Wildman–Crippen LogP) is 3.63. The molecule has 2 fully saturated rings. The number of nitrogens with zero attached hydrogens (tertiary/aromatic N) is 6. The van der Waals surface area contributed by atoms with Crippen LogP contribution in [-0.4, -0.2) is 64.1 Å². The number of anilines is 1. The molecule has 0 amide bonds. The lowest BCUT2D eigenvalue weighted by Crippen LogP contribution is -2.72. The van der Waals surface area contributed by atoms with Crippen molar-refractivity contribution < 1.29 is 23.1 Å². The van der Waals surface area contributed by atoms with Crippen molar-refractivity contribution in [2.24, 2.45) is 10.6 Å². The summed E-state index contributed by atoms with van der Waals surface area (Å²) in [7, 11) is 0. The second kappa shape index (κ2) is 10.3. The first-order chi connectivity index (χ1) is 18.5. The highest BCUT2D eigenvalue weighted by Gasteiger charge is 2.51. The molecule has 5 rings (SSSR count). The second-order valence-electron chi connectivity index (χ2n) is 10.9. The Balaban J connectivity index is 1.23. The molecule has 0 atom stereocenters. The van der Waals surface area contributed by atoms with Crippen molar-refractivity contribution in [2.75, 3.05) is 37.7 Å². The van der Waals surface area contributed by atoms with E-state index in [9.17, 15) is 18.3 Å². The number of oxime groups is 1. The molecule has 3 aromatic rings. The summed E-state index contributed by atoms with van der Waals surface area (Å²) in [4.78, 5) is 18.3. The molecule has 39 heavy (non-hydrogen) atoms. The molecule has 2 aromatic heterocycles. The third-order valence-corrected chi connectivity index (χ3v) is 6.69. The summed E-state index contributed by atoms with van der Waals surface area (Å²) < 4.78 is 41.4. The van der Waals surface area contributed by atoms with Gasteiger partial charge in [-0.25, -0.2) is 13.2 Å². The first kappa shape index (κ1) is 26.6. The van der Waals surface area contributed by atoms with Gasteiger partial charge in [0, 0.05) is 56.1 Å². The molecule has 11 heteroatoms. The highest BCUT2D eigenvalue weighted by Crippen LogP contribution is 2.42. The van der Waals surface area contributed by atoms with Crippen LogP contribution in [0.25, 0.3) is 0 Å². The van der Waals surface area contributed by atoms with E-state index in [1.807, 2.05) is 12.1 Å². The lowest BCUT2D eigenvalue weighted by molar-refractivity contribution is -0.0274. The molecule has 202 valence electrons. The van der Waals surface area contributed by atoms with Crippen LogP contribution in [0.5, 0.6) is 0 Å². The summed E-state index contributed by atoms with van der Waals surface area (Å²) >= 11 is 0. The minimum atomic E-state index is -1.58. The summed E-state index contributed by atoms with van der Waals surface area (Å²) in [5.41, 5.74) is 1.74. The molecule has 4 heterocycles. The number of hydrogen-bond acceptors (Lipinski definition) is 8. The minimum absolute atomic E-state index is 0.0102. The number of nitriles is 1. The van der Waals surface area contributed by atoms with E-state index in [0.29, 0.717) is 12.1 Å². The van der Waals surface area contributed by atoms with E-state index >= 15 is 0 Å². The SMILES string of the molecule is CC(C)(O)CON=C(c1cc(F)c(F)c(F)c1)c1ccc(CN2CC3(C2)CN(c2cncc(C#N)c2)C3)cn1. The Bertz CT molecular complexity index is 1410. The lowest BCUT2D eigenvalue weighted by atomic mass is 9.72. The van der Waals surface area contributed by atoms with E-state index in [-0.39, 0.29) is 29.0 Å². The average Bonchev–Trinajstić information content (AvgIpc) is 2.85. The van der Waals surface area contributed by atoms with Gasteiger partial charge in [0.05, 0.1) is 28.7 Å². The maximum absolute atomic E-state index is 13.9. The number of pyridine rings is 2. The van der Waals surface area contributed by atoms with Gasteiger partial charge in [-0.1, -0.05) is 11.2 Å². The van der Waals surface area contributed by atoms with Crippen molar-refractivity contribution in [2.45, 2.75) is 26.0 Å². The molecular formula is C28H27F3N6O2. The van der Waals surface area contributed by atoms with E-state index in [4.69, 9.17) is 10.1 Å². The molecule has 0 radical (unpaired) electrons. The zero-order chi connectivity index (χ0) is 27.8. The number of rotatable bonds is 8. The summed E-state index contributed by atoms with van der Waals surface area (Å²) in [5.74, 6) is -4.28. The second-order valence-corrected chi connectivity index (χ2v) is 10.9. The number of aromatic nitrogens is 2. The number of aliphatic hydroxyl groups is 1. The van der Waals surface area contributed by atoms with Gasteiger partial charge in [0.2, 0.25) is 0 Å². The van der Waals surface area contributed by atoms with E-state index in [2.05, 4.69) is 31.0 Å². The van der Waals surface area contributed by atoms with Crippen LogP contribution in [-0.2, 0) is 11.4 Å². The van der Waals surface area contributed by atoms with Crippen LogP contribution in [0.15, 0.2) is 54.1 Å². The Morgan fingerprint density at radius 1 is 1.10 bits per heavy atom. The van der Waals surface area contributed by atoms with Crippen LogP contribution < -0.4 is 4.90 Å². The third kappa shape index (κ3) is 5.87. The van der Waals surface area contributed by atoms with Crippen LogP contribution in [0.4, 0.5) is 18.9 Å². The van der Waals surface area contributed by atoms with Crippen molar-refractivity contribution >= 4 is 11.4 Å². The Morgan fingerprint density at radius 2 is 1.82 bits per heavy atom. The largest absolute Gasteiger partial charge is 0.392 e. The summed E-state index contributed by atoms with van der Waals surface area (Å²) in [6.45, 7) is 7.24. The summed E-state index contributed by atoms with van der Waals surface area (Å²) in [6.07, 6.45) is 4.99. The van der Waals surface area contributed by atoms with Gasteiger partial charge in [0.1, 0.15) is 18.4 Å². The number of halogens is 3. The van der Waals surface area contributed by atoms with Gasteiger partial charge >= 0.3 is 0 Å². The van der Waals surface area contributed by atoms with Gasteiger partial charge < -0.3 is 14.8 Å². The zero-order valence-electron chi connectivity index (χ0n) is 21.5. The molecule has 1 spiro atoms. The van der Waals surface area contributed by atoms with Crippen molar-refractivity contribution in [3.63, 3.8) is 0 Å². The Kier molecular flexibility index (Phi) is 7.01. The van der Waals surface area contributed by atoms with Gasteiger partial charge in [-0.05, 0) is 43.7 Å². The van der Waals surface area contributed by atoms with Crippen molar-refractivity contribution in [3.05, 3.63) is 88.8 Å². The van der Waals surface area contributed by atoms with Crippen LogP contribution in [0.1, 0.15) is 36.2 Å². The molecule has 0 saturated carbocycles. The lowest BCUT2D eigenvalue weighted by Gasteiger charge is -2.61. The third-order valence-electron chi connectivity index (χ3n) is 6.69. The van der Waals surface area contributed by atoms with Crippen LogP contribution >= 0.6 is 0 Å². The zero-order valence-corrected chi connectivity index (χ0v) is 21.5. The van der Waals surface area contributed by atoms with Gasteiger partial charge in [-0.3, -0.25) is 14.9 Å². The van der Waals surface area contributed by atoms with Gasteiger partial charge in [-0.2, -0.15) is 5.26 Å². The molecule has 2 aliphatic rings. The Morgan fingerprint density at radius 3 is 2.44 bits per heavy atom. The standard InChI is InChI=1S/C28H27F3N6O2/c1-27(2,38)17-39-35-26(20-6-22(29)25(31)23(30)7-20)24-4-3-18(10-34-24)12-36-13-28(14-36)15-37(16-28)21-5-19(8-32)9-33-11-21/h3-7,9-11,38H,12-17H2,1-2H3. The summed E-state index contributed by atoms with van der Waals surface area (Å²) in [5, 5.41) is 22.9.